The van der Waals surface area contributed by atoms with Gasteiger partial charge in [-0.05, 0) is 58.8 Å². The molecular weight excluding hydrogens is 249 g/mol. The number of rotatable bonds is 1. The maximum atomic E-state index is 8.86. The van der Waals surface area contributed by atoms with Gasteiger partial charge in [-0.1, -0.05) is 6.08 Å². The minimum absolute atomic E-state index is 0.174. The lowest BCUT2D eigenvalue weighted by molar-refractivity contribution is 0.351. The van der Waals surface area contributed by atoms with Crippen LogP contribution in [0.3, 0.4) is 0 Å². The van der Waals surface area contributed by atoms with Crippen LogP contribution in [-0.2, 0) is 0 Å². The molecule has 2 heteroatoms. The summed E-state index contributed by atoms with van der Waals surface area (Å²) < 4.78 is 1.41. The Bertz CT molecular complexity index is 222. The van der Waals surface area contributed by atoms with Gasteiger partial charge in [0.25, 0.3) is 0 Å². The Morgan fingerprint density at radius 3 is 2.73 bits per heavy atom. The molecule has 0 radical (unpaired) electrons. The lowest BCUT2D eigenvalue weighted by Gasteiger charge is -2.21. The first-order chi connectivity index (χ1) is 5.06. The summed E-state index contributed by atoms with van der Waals surface area (Å²) in [5.41, 5.74) is -0.174. The van der Waals surface area contributed by atoms with Crippen molar-refractivity contribution in [2.75, 3.05) is 0 Å². The third-order valence-corrected chi connectivity index (χ3v) is 3.19. The van der Waals surface area contributed by atoms with E-state index in [1.807, 2.05) is 13.8 Å². The minimum atomic E-state index is -0.174. The van der Waals surface area contributed by atoms with Gasteiger partial charge in [0.15, 0.2) is 0 Å². The number of allylic oxidation sites excluding steroid dienone is 2. The predicted molar refractivity (Wildman–Crippen MR) is 54.2 cm³/mol. The van der Waals surface area contributed by atoms with Gasteiger partial charge in [-0.25, -0.2) is 0 Å². The summed E-state index contributed by atoms with van der Waals surface area (Å²) in [6.45, 7) is 4.03. The van der Waals surface area contributed by atoms with E-state index in [0.717, 1.165) is 12.8 Å². The molecule has 0 heterocycles. The van der Waals surface area contributed by atoms with E-state index in [0.29, 0.717) is 5.92 Å². The third kappa shape index (κ3) is 1.96. The first-order valence-corrected chi connectivity index (χ1v) is 4.91. The van der Waals surface area contributed by atoms with Gasteiger partial charge in [0.1, 0.15) is 0 Å². The molecule has 0 saturated carbocycles. The molecule has 11 heavy (non-hydrogen) atoms. The van der Waals surface area contributed by atoms with Crippen molar-refractivity contribution in [3.63, 3.8) is 0 Å². The fourth-order valence-corrected chi connectivity index (χ4v) is 2.08. The van der Waals surface area contributed by atoms with E-state index < -0.39 is 0 Å². The third-order valence-electron chi connectivity index (χ3n) is 2.29. The van der Waals surface area contributed by atoms with Crippen molar-refractivity contribution in [2.45, 2.75) is 26.7 Å². The molecule has 0 N–H and O–H groups in total. The minimum Gasteiger partial charge on any atom is -0.198 e. The first-order valence-electron chi connectivity index (χ1n) is 3.84. The molecule has 0 aromatic rings. The SMILES string of the molecule is CC(C)(C#N)[C@H]1C=C(I)CC1. The molecule has 0 unspecified atom stereocenters. The Labute approximate surface area is 81.6 Å². The van der Waals surface area contributed by atoms with Crippen molar-refractivity contribution in [2.24, 2.45) is 11.3 Å². The van der Waals surface area contributed by atoms with Gasteiger partial charge >= 0.3 is 0 Å². The maximum Gasteiger partial charge on any atom is 0.0690 e. The van der Waals surface area contributed by atoms with Crippen LogP contribution in [0.4, 0.5) is 0 Å². The quantitative estimate of drug-likeness (QED) is 0.664. The fourth-order valence-electron chi connectivity index (χ4n) is 1.33. The highest BCUT2D eigenvalue weighted by atomic mass is 127. The predicted octanol–water partition coefficient (Wildman–Crippen LogP) is 3.27. The molecule has 0 aromatic carbocycles. The molecule has 0 spiro atoms. The van der Waals surface area contributed by atoms with Gasteiger partial charge in [-0.15, -0.1) is 0 Å². The molecule has 0 fully saturated rings. The number of nitrogens with zero attached hydrogens (tertiary/aromatic N) is 1. The summed E-state index contributed by atoms with van der Waals surface area (Å²) in [6.07, 6.45) is 4.55. The molecule has 0 saturated heterocycles. The standard InChI is InChI=1S/C9H12IN/c1-9(2,6-11)7-3-4-8(10)5-7/h5,7H,3-4H2,1-2H3/t7-/m1/s1. The average Bonchev–Trinajstić information content (AvgIpc) is 2.36. The largest absolute Gasteiger partial charge is 0.198 e. The molecule has 1 aliphatic rings. The molecule has 1 atom stereocenters. The van der Waals surface area contributed by atoms with E-state index >= 15 is 0 Å². The van der Waals surface area contributed by atoms with Gasteiger partial charge in [0, 0.05) is 0 Å². The van der Waals surface area contributed by atoms with E-state index in [1.54, 1.807) is 0 Å². The first kappa shape index (κ1) is 9.05. The molecule has 0 bridgehead atoms. The van der Waals surface area contributed by atoms with Crippen LogP contribution in [0.25, 0.3) is 0 Å². The lowest BCUT2D eigenvalue weighted by Crippen LogP contribution is -2.18. The number of hydrogen-bond donors (Lipinski definition) is 0. The van der Waals surface area contributed by atoms with Gasteiger partial charge < -0.3 is 0 Å². The van der Waals surface area contributed by atoms with Gasteiger partial charge in [0.2, 0.25) is 0 Å². The van der Waals surface area contributed by atoms with Crippen molar-refractivity contribution in [1.29, 1.82) is 5.26 Å². The molecule has 60 valence electrons. The molecule has 1 rings (SSSR count). The highest BCUT2D eigenvalue weighted by molar-refractivity contribution is 14.1. The Kier molecular flexibility index (Phi) is 2.58. The topological polar surface area (TPSA) is 23.8 Å². The van der Waals surface area contributed by atoms with E-state index in [9.17, 15) is 0 Å². The van der Waals surface area contributed by atoms with Gasteiger partial charge in [0.05, 0.1) is 11.5 Å². The van der Waals surface area contributed by atoms with Crippen molar-refractivity contribution in [3.05, 3.63) is 9.66 Å². The molecule has 0 amide bonds. The second-order valence-corrected chi connectivity index (χ2v) is 4.98. The number of hydrogen-bond acceptors (Lipinski definition) is 1. The van der Waals surface area contributed by atoms with Crippen molar-refractivity contribution in [3.8, 4) is 6.07 Å². The summed E-state index contributed by atoms with van der Waals surface area (Å²) in [4.78, 5) is 0. The maximum absolute atomic E-state index is 8.86. The van der Waals surface area contributed by atoms with E-state index in [-0.39, 0.29) is 5.41 Å². The second-order valence-electron chi connectivity index (χ2n) is 3.59. The van der Waals surface area contributed by atoms with Crippen molar-refractivity contribution >= 4 is 22.6 Å². The van der Waals surface area contributed by atoms with Crippen molar-refractivity contribution in [1.82, 2.24) is 0 Å². The molecule has 0 aromatic heterocycles. The second kappa shape index (κ2) is 3.14. The summed E-state index contributed by atoms with van der Waals surface area (Å²) in [5.74, 6) is 0.472. The lowest BCUT2D eigenvalue weighted by atomic mass is 9.80. The Balaban J connectivity index is 2.72. The summed E-state index contributed by atoms with van der Waals surface area (Å²) in [5, 5.41) is 8.86. The fraction of sp³-hybridized carbons (Fsp3) is 0.667. The van der Waals surface area contributed by atoms with E-state index in [2.05, 4.69) is 34.7 Å². The van der Waals surface area contributed by atoms with Crippen LogP contribution < -0.4 is 0 Å². The smallest absolute Gasteiger partial charge is 0.0690 e. The van der Waals surface area contributed by atoms with Crippen LogP contribution in [0.1, 0.15) is 26.7 Å². The molecule has 1 aliphatic carbocycles. The van der Waals surface area contributed by atoms with Crippen LogP contribution in [0.15, 0.2) is 9.66 Å². The summed E-state index contributed by atoms with van der Waals surface area (Å²) in [7, 11) is 0. The number of halogens is 1. The van der Waals surface area contributed by atoms with E-state index in [4.69, 9.17) is 5.26 Å². The highest BCUT2D eigenvalue weighted by Crippen LogP contribution is 2.39. The van der Waals surface area contributed by atoms with E-state index in [1.165, 1.54) is 3.58 Å². The average molecular weight is 261 g/mol. The summed E-state index contributed by atoms with van der Waals surface area (Å²) >= 11 is 2.36. The molecule has 0 aliphatic heterocycles. The van der Waals surface area contributed by atoms with Crippen LogP contribution in [0.2, 0.25) is 0 Å². The van der Waals surface area contributed by atoms with Crippen molar-refractivity contribution < 1.29 is 0 Å². The van der Waals surface area contributed by atoms with Crippen LogP contribution in [0.5, 0.6) is 0 Å². The number of nitriles is 1. The molecule has 1 nitrogen and oxygen atoms in total. The normalized spacial score (nSPS) is 24.5. The molecular formula is C9H12IN. The zero-order valence-corrected chi connectivity index (χ0v) is 9.05. The Morgan fingerprint density at radius 1 is 1.73 bits per heavy atom. The zero-order valence-electron chi connectivity index (χ0n) is 6.89. The highest BCUT2D eigenvalue weighted by Gasteiger charge is 2.30. The van der Waals surface area contributed by atoms with Crippen LogP contribution in [-0.4, -0.2) is 0 Å². The summed E-state index contributed by atoms with van der Waals surface area (Å²) in [6, 6.07) is 2.36. The monoisotopic (exact) mass is 261 g/mol. The van der Waals surface area contributed by atoms with Gasteiger partial charge in [-0.2, -0.15) is 5.26 Å². The zero-order chi connectivity index (χ0) is 8.48. The van der Waals surface area contributed by atoms with Gasteiger partial charge in [-0.3, -0.25) is 0 Å². The van der Waals surface area contributed by atoms with Crippen LogP contribution in [0, 0.1) is 22.7 Å². The Morgan fingerprint density at radius 2 is 2.36 bits per heavy atom. The van der Waals surface area contributed by atoms with Crippen LogP contribution >= 0.6 is 22.6 Å². The Hall–Kier alpha value is -0.0400.